The second kappa shape index (κ2) is 3.22. The Labute approximate surface area is 97.2 Å². The standard InChI is InChI=1S/C11H10ClN3O/c1-6-5-15-9-7(10(16)13-6)3-2-4-8(9)14-11(15)12/h2-4,6H,5H2,1H3,(H,13,16). The Kier molecular flexibility index (Phi) is 1.94. The molecule has 0 fully saturated rings. The van der Waals surface area contributed by atoms with Gasteiger partial charge in [0.25, 0.3) is 5.91 Å². The number of amides is 1. The van der Waals surface area contributed by atoms with E-state index >= 15 is 0 Å². The molecule has 2 aromatic rings. The Morgan fingerprint density at radius 2 is 2.38 bits per heavy atom. The van der Waals surface area contributed by atoms with Crippen molar-refractivity contribution in [3.63, 3.8) is 0 Å². The van der Waals surface area contributed by atoms with Crippen LogP contribution in [0, 0.1) is 0 Å². The topological polar surface area (TPSA) is 46.9 Å². The lowest BCUT2D eigenvalue weighted by Crippen LogP contribution is -2.33. The number of carbonyl (C=O) groups excluding carboxylic acids is 1. The molecule has 5 heteroatoms. The summed E-state index contributed by atoms with van der Waals surface area (Å²) in [5.41, 5.74) is 2.24. The summed E-state index contributed by atoms with van der Waals surface area (Å²) in [5.74, 6) is -0.0617. The Morgan fingerprint density at radius 1 is 1.56 bits per heavy atom. The molecule has 0 aliphatic carbocycles. The molecule has 1 aliphatic rings. The monoisotopic (exact) mass is 235 g/mol. The molecule has 1 aliphatic heterocycles. The largest absolute Gasteiger partial charge is 0.348 e. The summed E-state index contributed by atoms with van der Waals surface area (Å²) in [6.45, 7) is 2.60. The predicted octanol–water partition coefficient (Wildman–Crippen LogP) is 1.82. The second-order valence-electron chi connectivity index (χ2n) is 4.04. The zero-order valence-corrected chi connectivity index (χ0v) is 9.45. The van der Waals surface area contributed by atoms with Crippen LogP contribution in [0.25, 0.3) is 11.0 Å². The fourth-order valence-electron chi connectivity index (χ4n) is 2.13. The summed E-state index contributed by atoms with van der Waals surface area (Å²) in [5, 5.41) is 3.35. The first kappa shape index (κ1) is 9.66. The SMILES string of the molecule is CC1Cn2c(Cl)nc3cccc(c32)C(=O)N1. The molecule has 0 radical (unpaired) electrons. The average Bonchev–Trinajstić information content (AvgIpc) is 2.47. The molecule has 82 valence electrons. The zero-order chi connectivity index (χ0) is 11.3. The highest BCUT2D eigenvalue weighted by Gasteiger charge is 2.23. The minimum Gasteiger partial charge on any atom is -0.348 e. The molecule has 1 N–H and O–H groups in total. The number of halogens is 1. The number of aromatic nitrogens is 2. The molecule has 0 saturated heterocycles. The summed E-state index contributed by atoms with van der Waals surface area (Å²) >= 11 is 6.07. The second-order valence-corrected chi connectivity index (χ2v) is 4.38. The Morgan fingerprint density at radius 3 is 3.19 bits per heavy atom. The van der Waals surface area contributed by atoms with Crippen LogP contribution < -0.4 is 5.32 Å². The first-order chi connectivity index (χ1) is 7.66. The summed E-state index contributed by atoms with van der Waals surface area (Å²) in [6.07, 6.45) is 0. The van der Waals surface area contributed by atoms with E-state index < -0.39 is 0 Å². The first-order valence-electron chi connectivity index (χ1n) is 5.12. The third kappa shape index (κ3) is 1.23. The van der Waals surface area contributed by atoms with E-state index in [0.29, 0.717) is 17.4 Å². The van der Waals surface area contributed by atoms with E-state index in [1.165, 1.54) is 0 Å². The van der Waals surface area contributed by atoms with Crippen LogP contribution in [0.1, 0.15) is 17.3 Å². The van der Waals surface area contributed by atoms with Crippen molar-refractivity contribution in [3.8, 4) is 0 Å². The number of hydrogen-bond acceptors (Lipinski definition) is 2. The number of hydrogen-bond donors (Lipinski definition) is 1. The van der Waals surface area contributed by atoms with Gasteiger partial charge in [-0.3, -0.25) is 4.79 Å². The van der Waals surface area contributed by atoms with Crippen molar-refractivity contribution >= 4 is 28.5 Å². The number of carbonyl (C=O) groups is 1. The van der Waals surface area contributed by atoms with E-state index in [2.05, 4.69) is 10.3 Å². The predicted molar refractivity (Wildman–Crippen MR) is 61.7 cm³/mol. The van der Waals surface area contributed by atoms with E-state index in [0.717, 1.165) is 11.0 Å². The maximum atomic E-state index is 11.9. The Bertz CT molecular complexity index is 590. The molecule has 1 aromatic carbocycles. The van der Waals surface area contributed by atoms with Crippen molar-refractivity contribution in [1.29, 1.82) is 0 Å². The molecular formula is C11H10ClN3O. The van der Waals surface area contributed by atoms with Crippen LogP contribution in [0.4, 0.5) is 0 Å². The van der Waals surface area contributed by atoms with E-state index in [1.54, 1.807) is 6.07 Å². The van der Waals surface area contributed by atoms with Gasteiger partial charge in [-0.15, -0.1) is 0 Å². The molecule has 0 bridgehead atoms. The van der Waals surface area contributed by atoms with E-state index in [4.69, 9.17) is 11.6 Å². The van der Waals surface area contributed by atoms with Crippen LogP contribution in [0.2, 0.25) is 5.28 Å². The van der Waals surface area contributed by atoms with Crippen LogP contribution in [0.5, 0.6) is 0 Å². The molecule has 4 nitrogen and oxygen atoms in total. The van der Waals surface area contributed by atoms with Gasteiger partial charge in [0.05, 0.1) is 16.6 Å². The summed E-state index contributed by atoms with van der Waals surface area (Å²) in [7, 11) is 0. The van der Waals surface area contributed by atoms with E-state index in [-0.39, 0.29) is 11.9 Å². The Hall–Kier alpha value is -1.55. The average molecular weight is 236 g/mol. The lowest BCUT2D eigenvalue weighted by Gasteiger charge is -2.10. The smallest absolute Gasteiger partial charge is 0.253 e. The molecular weight excluding hydrogens is 226 g/mol. The fourth-order valence-corrected chi connectivity index (χ4v) is 2.37. The van der Waals surface area contributed by atoms with Crippen LogP contribution in [-0.4, -0.2) is 21.5 Å². The van der Waals surface area contributed by atoms with E-state index in [9.17, 15) is 4.79 Å². The minimum atomic E-state index is -0.0617. The van der Waals surface area contributed by atoms with Gasteiger partial charge in [0.2, 0.25) is 5.28 Å². The van der Waals surface area contributed by atoms with Crippen molar-refractivity contribution in [3.05, 3.63) is 29.0 Å². The third-order valence-corrected chi connectivity index (χ3v) is 3.09. The number of benzene rings is 1. The number of nitrogens with one attached hydrogen (secondary N) is 1. The van der Waals surface area contributed by atoms with Crippen molar-refractivity contribution in [2.45, 2.75) is 19.5 Å². The quantitative estimate of drug-likeness (QED) is 0.757. The highest BCUT2D eigenvalue weighted by molar-refractivity contribution is 6.29. The normalized spacial score (nSPS) is 19.6. The van der Waals surface area contributed by atoms with Gasteiger partial charge in [0.1, 0.15) is 0 Å². The molecule has 1 unspecified atom stereocenters. The van der Waals surface area contributed by atoms with Gasteiger partial charge in [-0.05, 0) is 30.7 Å². The van der Waals surface area contributed by atoms with Gasteiger partial charge in [-0.1, -0.05) is 6.07 Å². The van der Waals surface area contributed by atoms with Crippen LogP contribution >= 0.6 is 11.6 Å². The number of imidazole rings is 1. The molecule has 1 atom stereocenters. The number of para-hydroxylation sites is 1. The van der Waals surface area contributed by atoms with Crippen molar-refractivity contribution in [1.82, 2.24) is 14.9 Å². The van der Waals surface area contributed by atoms with Crippen molar-refractivity contribution in [2.75, 3.05) is 0 Å². The number of nitrogens with zero attached hydrogens (tertiary/aromatic N) is 2. The molecule has 3 rings (SSSR count). The summed E-state index contributed by atoms with van der Waals surface area (Å²) < 4.78 is 1.88. The van der Waals surface area contributed by atoms with Gasteiger partial charge in [0.15, 0.2) is 0 Å². The first-order valence-corrected chi connectivity index (χ1v) is 5.50. The van der Waals surface area contributed by atoms with Crippen molar-refractivity contribution in [2.24, 2.45) is 0 Å². The lowest BCUT2D eigenvalue weighted by molar-refractivity contribution is 0.0942. The van der Waals surface area contributed by atoms with Gasteiger partial charge < -0.3 is 9.88 Å². The highest BCUT2D eigenvalue weighted by Crippen LogP contribution is 2.25. The zero-order valence-electron chi connectivity index (χ0n) is 8.70. The maximum absolute atomic E-state index is 11.9. The molecule has 2 heterocycles. The summed E-state index contributed by atoms with van der Waals surface area (Å²) in [6, 6.07) is 5.53. The van der Waals surface area contributed by atoms with Gasteiger partial charge >= 0.3 is 0 Å². The lowest BCUT2D eigenvalue weighted by atomic mass is 10.1. The van der Waals surface area contributed by atoms with Crippen LogP contribution in [0.3, 0.4) is 0 Å². The molecule has 0 spiro atoms. The fraction of sp³-hybridized carbons (Fsp3) is 0.273. The molecule has 1 aromatic heterocycles. The van der Waals surface area contributed by atoms with Crippen LogP contribution in [0.15, 0.2) is 18.2 Å². The molecule has 16 heavy (non-hydrogen) atoms. The van der Waals surface area contributed by atoms with Crippen LogP contribution in [-0.2, 0) is 6.54 Å². The van der Waals surface area contributed by atoms with E-state index in [1.807, 2.05) is 23.6 Å². The molecule has 0 saturated carbocycles. The number of rotatable bonds is 0. The Balaban J connectivity index is 2.41. The van der Waals surface area contributed by atoms with Gasteiger partial charge in [-0.25, -0.2) is 4.98 Å². The maximum Gasteiger partial charge on any atom is 0.253 e. The minimum absolute atomic E-state index is 0.0507. The van der Waals surface area contributed by atoms with Crippen molar-refractivity contribution < 1.29 is 4.79 Å². The molecule has 1 amide bonds. The summed E-state index contributed by atoms with van der Waals surface area (Å²) in [4.78, 5) is 16.2. The van der Waals surface area contributed by atoms with Gasteiger partial charge in [0, 0.05) is 12.6 Å². The highest BCUT2D eigenvalue weighted by atomic mass is 35.5. The third-order valence-electron chi connectivity index (χ3n) is 2.80. The van der Waals surface area contributed by atoms with Gasteiger partial charge in [-0.2, -0.15) is 0 Å².